The number of carbonyl (C=O) groups excluding carboxylic acids is 1. The first-order chi connectivity index (χ1) is 13.9. The number of rotatable bonds is 7. The van der Waals surface area contributed by atoms with Crippen molar-refractivity contribution < 1.29 is 4.79 Å². The molecule has 0 bridgehead atoms. The molecule has 0 saturated carbocycles. The van der Waals surface area contributed by atoms with Crippen LogP contribution in [0.15, 0.2) is 42.6 Å². The summed E-state index contributed by atoms with van der Waals surface area (Å²) < 4.78 is 3.52. The van der Waals surface area contributed by atoms with E-state index in [-0.39, 0.29) is 11.9 Å². The van der Waals surface area contributed by atoms with E-state index in [0.29, 0.717) is 18.8 Å². The van der Waals surface area contributed by atoms with Gasteiger partial charge in [-0.25, -0.2) is 4.68 Å². The van der Waals surface area contributed by atoms with Crippen LogP contribution >= 0.6 is 0 Å². The normalized spacial score (nSPS) is 11.5. The number of nitrogens with zero attached hydrogens (tertiary/aromatic N) is 6. The fourth-order valence-corrected chi connectivity index (χ4v) is 3.20. The molecule has 7 heteroatoms. The standard InChI is InChI=1S/C22H28N6O/c1-16(2)28(14-20-17(3)24-26(5)18(20)4)22(29)21-15-27(25-23-21)13-9-12-19-10-7-6-8-11-19/h6-12,15-16H,13-14H2,1-5H3/b12-9+. The third kappa shape index (κ3) is 4.80. The number of aryl methyl sites for hydroxylation is 2. The summed E-state index contributed by atoms with van der Waals surface area (Å²) in [7, 11) is 1.92. The van der Waals surface area contributed by atoms with Gasteiger partial charge < -0.3 is 4.90 Å². The molecule has 0 aliphatic rings. The quantitative estimate of drug-likeness (QED) is 0.618. The summed E-state index contributed by atoms with van der Waals surface area (Å²) >= 11 is 0. The molecule has 29 heavy (non-hydrogen) atoms. The molecule has 3 rings (SSSR count). The van der Waals surface area contributed by atoms with Crippen LogP contribution in [0.2, 0.25) is 0 Å². The number of allylic oxidation sites excluding steroid dienone is 1. The topological polar surface area (TPSA) is 68.8 Å². The Labute approximate surface area is 171 Å². The Morgan fingerprint density at radius 3 is 2.55 bits per heavy atom. The van der Waals surface area contributed by atoms with Gasteiger partial charge in [-0.1, -0.05) is 47.7 Å². The smallest absolute Gasteiger partial charge is 0.276 e. The summed E-state index contributed by atoms with van der Waals surface area (Å²) in [6.45, 7) is 9.06. The molecular weight excluding hydrogens is 364 g/mol. The van der Waals surface area contributed by atoms with E-state index in [1.807, 2.05) is 86.8 Å². The highest BCUT2D eigenvalue weighted by Crippen LogP contribution is 2.18. The van der Waals surface area contributed by atoms with Gasteiger partial charge in [0.15, 0.2) is 5.69 Å². The lowest BCUT2D eigenvalue weighted by molar-refractivity contribution is 0.0683. The van der Waals surface area contributed by atoms with Gasteiger partial charge in [0.2, 0.25) is 0 Å². The molecule has 1 amide bonds. The van der Waals surface area contributed by atoms with E-state index in [9.17, 15) is 4.79 Å². The van der Waals surface area contributed by atoms with Gasteiger partial charge in [-0.05, 0) is 33.3 Å². The van der Waals surface area contributed by atoms with Crippen LogP contribution in [0.25, 0.3) is 6.08 Å². The summed E-state index contributed by atoms with van der Waals surface area (Å²) in [5.41, 5.74) is 4.56. The number of amides is 1. The van der Waals surface area contributed by atoms with Gasteiger partial charge in [0.25, 0.3) is 5.91 Å². The molecule has 0 fully saturated rings. The summed E-state index contributed by atoms with van der Waals surface area (Å²) in [6.07, 6.45) is 5.73. The van der Waals surface area contributed by atoms with E-state index in [1.165, 1.54) is 0 Å². The van der Waals surface area contributed by atoms with Crippen molar-refractivity contribution >= 4 is 12.0 Å². The summed E-state index contributed by atoms with van der Waals surface area (Å²) in [5, 5.41) is 12.7. The monoisotopic (exact) mass is 392 g/mol. The molecule has 0 N–H and O–H groups in total. The zero-order chi connectivity index (χ0) is 21.0. The van der Waals surface area contributed by atoms with Crippen molar-refractivity contribution in [1.29, 1.82) is 0 Å². The van der Waals surface area contributed by atoms with Crippen LogP contribution < -0.4 is 0 Å². The predicted octanol–water partition coefficient (Wildman–Crippen LogP) is 3.39. The van der Waals surface area contributed by atoms with Gasteiger partial charge >= 0.3 is 0 Å². The molecule has 3 aromatic rings. The van der Waals surface area contributed by atoms with Crippen molar-refractivity contribution in [1.82, 2.24) is 29.7 Å². The van der Waals surface area contributed by atoms with Gasteiger partial charge in [0.05, 0.1) is 18.4 Å². The van der Waals surface area contributed by atoms with Crippen LogP contribution in [-0.2, 0) is 20.1 Å². The average Bonchev–Trinajstić information content (AvgIpc) is 3.25. The third-order valence-corrected chi connectivity index (χ3v) is 5.03. The van der Waals surface area contributed by atoms with Crippen LogP contribution in [0.5, 0.6) is 0 Å². The minimum absolute atomic E-state index is 0.0321. The molecule has 0 unspecified atom stereocenters. The fraction of sp³-hybridized carbons (Fsp3) is 0.364. The Morgan fingerprint density at radius 1 is 1.21 bits per heavy atom. The lowest BCUT2D eigenvalue weighted by Gasteiger charge is -2.26. The van der Waals surface area contributed by atoms with E-state index >= 15 is 0 Å². The summed E-state index contributed by atoms with van der Waals surface area (Å²) in [5.74, 6) is -0.124. The lowest BCUT2D eigenvalue weighted by Crippen LogP contribution is -2.37. The minimum atomic E-state index is -0.124. The highest BCUT2D eigenvalue weighted by atomic mass is 16.2. The Hall–Kier alpha value is -3.22. The maximum atomic E-state index is 13.1. The second-order valence-electron chi connectivity index (χ2n) is 7.44. The van der Waals surface area contributed by atoms with Gasteiger partial charge in [0.1, 0.15) is 0 Å². The molecule has 2 heterocycles. The Kier molecular flexibility index (Phi) is 6.26. The van der Waals surface area contributed by atoms with Crippen molar-refractivity contribution in [3.05, 3.63) is 70.8 Å². The second kappa shape index (κ2) is 8.86. The van der Waals surface area contributed by atoms with E-state index in [4.69, 9.17) is 0 Å². The van der Waals surface area contributed by atoms with Gasteiger partial charge in [0, 0.05) is 30.9 Å². The van der Waals surface area contributed by atoms with E-state index in [2.05, 4.69) is 15.4 Å². The minimum Gasteiger partial charge on any atom is -0.330 e. The first-order valence-electron chi connectivity index (χ1n) is 9.78. The number of hydrogen-bond acceptors (Lipinski definition) is 4. The molecule has 0 aliphatic heterocycles. The molecule has 1 aromatic carbocycles. The predicted molar refractivity (Wildman–Crippen MR) is 113 cm³/mol. The van der Waals surface area contributed by atoms with Crippen LogP contribution in [-0.4, -0.2) is 41.6 Å². The maximum absolute atomic E-state index is 13.1. The number of benzene rings is 1. The lowest BCUT2D eigenvalue weighted by atomic mass is 10.1. The van der Waals surface area contributed by atoms with Crippen LogP contribution in [0.1, 0.15) is 46.9 Å². The van der Waals surface area contributed by atoms with Gasteiger partial charge in [-0.3, -0.25) is 9.48 Å². The molecule has 0 atom stereocenters. The SMILES string of the molecule is Cc1nn(C)c(C)c1CN(C(=O)c1cn(C/C=C/c2ccccc2)nn1)C(C)C. The van der Waals surface area contributed by atoms with Gasteiger partial charge in [-0.15, -0.1) is 5.10 Å². The zero-order valence-electron chi connectivity index (χ0n) is 17.7. The molecular formula is C22H28N6O. The largest absolute Gasteiger partial charge is 0.330 e. The molecule has 0 radical (unpaired) electrons. The number of carbonyl (C=O) groups is 1. The molecule has 0 spiro atoms. The highest BCUT2D eigenvalue weighted by molar-refractivity contribution is 5.92. The first-order valence-corrected chi connectivity index (χ1v) is 9.78. The molecule has 2 aromatic heterocycles. The third-order valence-electron chi connectivity index (χ3n) is 5.03. The van der Waals surface area contributed by atoms with Crippen molar-refractivity contribution in [2.45, 2.75) is 46.8 Å². The summed E-state index contributed by atoms with van der Waals surface area (Å²) in [4.78, 5) is 14.9. The fourth-order valence-electron chi connectivity index (χ4n) is 3.20. The van der Waals surface area contributed by atoms with Crippen molar-refractivity contribution in [3.63, 3.8) is 0 Å². The van der Waals surface area contributed by atoms with E-state index in [0.717, 1.165) is 22.5 Å². The Balaban J connectivity index is 1.71. The highest BCUT2D eigenvalue weighted by Gasteiger charge is 2.24. The van der Waals surface area contributed by atoms with E-state index in [1.54, 1.807) is 10.9 Å². The molecule has 7 nitrogen and oxygen atoms in total. The number of aromatic nitrogens is 5. The number of hydrogen-bond donors (Lipinski definition) is 0. The molecule has 0 aliphatic carbocycles. The average molecular weight is 393 g/mol. The maximum Gasteiger partial charge on any atom is 0.276 e. The van der Waals surface area contributed by atoms with Gasteiger partial charge in [-0.2, -0.15) is 5.10 Å². The van der Waals surface area contributed by atoms with Crippen molar-refractivity contribution in [2.75, 3.05) is 0 Å². The zero-order valence-corrected chi connectivity index (χ0v) is 17.7. The van der Waals surface area contributed by atoms with Crippen molar-refractivity contribution in [3.8, 4) is 0 Å². The van der Waals surface area contributed by atoms with Crippen LogP contribution in [0, 0.1) is 13.8 Å². The molecule has 0 saturated heterocycles. The Bertz CT molecular complexity index is 1000. The van der Waals surface area contributed by atoms with E-state index < -0.39 is 0 Å². The Morgan fingerprint density at radius 2 is 1.93 bits per heavy atom. The van der Waals surface area contributed by atoms with Crippen molar-refractivity contribution in [2.24, 2.45) is 7.05 Å². The second-order valence-corrected chi connectivity index (χ2v) is 7.44. The van der Waals surface area contributed by atoms with Crippen LogP contribution in [0.3, 0.4) is 0 Å². The first kappa shape index (κ1) is 20.5. The molecule has 152 valence electrons. The van der Waals surface area contributed by atoms with Crippen LogP contribution in [0.4, 0.5) is 0 Å². The summed E-state index contributed by atoms with van der Waals surface area (Å²) in [6, 6.07) is 10.1.